The first kappa shape index (κ1) is 24.0. The number of sulfonamides is 1. The van der Waals surface area contributed by atoms with Crippen LogP contribution in [0.5, 0.6) is 5.75 Å². The van der Waals surface area contributed by atoms with Crippen LogP contribution >= 0.6 is 11.6 Å². The highest BCUT2D eigenvalue weighted by atomic mass is 35.5. The molecule has 0 aliphatic carbocycles. The molecule has 0 unspecified atom stereocenters. The van der Waals surface area contributed by atoms with Crippen LogP contribution in [0.1, 0.15) is 12.0 Å². The number of halogens is 1. The van der Waals surface area contributed by atoms with Crippen molar-refractivity contribution < 1.29 is 27.5 Å². The normalized spacial score (nSPS) is 16.9. The first-order chi connectivity index (χ1) is 15.3. The number of hydrogen-bond donors (Lipinski definition) is 2. The molecule has 0 aromatic heterocycles. The van der Waals surface area contributed by atoms with Crippen LogP contribution < -0.4 is 15.4 Å². The number of ether oxygens (including phenoxy) is 2. The van der Waals surface area contributed by atoms with Gasteiger partial charge in [0.1, 0.15) is 12.0 Å². The van der Waals surface area contributed by atoms with E-state index in [-0.39, 0.29) is 24.5 Å². The van der Waals surface area contributed by atoms with E-state index in [1.54, 1.807) is 31.4 Å². The fraction of sp³-hybridized carbons (Fsp3) is 0.333. The monoisotopic (exact) mass is 481 g/mol. The average molecular weight is 482 g/mol. The third-order valence-corrected chi connectivity index (χ3v) is 6.99. The molecule has 2 amide bonds. The van der Waals surface area contributed by atoms with E-state index >= 15 is 0 Å². The molecule has 1 fully saturated rings. The zero-order chi connectivity index (χ0) is 23.1. The van der Waals surface area contributed by atoms with Crippen LogP contribution in [0.15, 0.2) is 53.4 Å². The van der Waals surface area contributed by atoms with Gasteiger partial charge in [-0.05, 0) is 48.4 Å². The van der Waals surface area contributed by atoms with Crippen molar-refractivity contribution >= 4 is 33.4 Å². The second-order valence-electron chi connectivity index (χ2n) is 6.99. The molecule has 9 nitrogen and oxygen atoms in total. The van der Waals surface area contributed by atoms with Crippen molar-refractivity contribution in [2.75, 3.05) is 26.8 Å². The smallest absolute Gasteiger partial charge is 0.309 e. The fourth-order valence-electron chi connectivity index (χ4n) is 3.11. The van der Waals surface area contributed by atoms with Gasteiger partial charge in [-0.2, -0.15) is 4.31 Å². The van der Waals surface area contributed by atoms with Gasteiger partial charge in [0.2, 0.25) is 10.0 Å². The molecule has 1 atom stereocenters. The number of carbonyl (C=O) groups excluding carboxylic acids is 2. The Kier molecular flexibility index (Phi) is 8.08. The van der Waals surface area contributed by atoms with Crippen LogP contribution in [0.3, 0.4) is 0 Å². The lowest BCUT2D eigenvalue weighted by Crippen LogP contribution is -2.53. The van der Waals surface area contributed by atoms with Gasteiger partial charge in [0.15, 0.2) is 0 Å². The number of carbonyl (C=O) groups is 2. The molecule has 2 aromatic rings. The van der Waals surface area contributed by atoms with Crippen LogP contribution in [0.2, 0.25) is 5.02 Å². The van der Waals surface area contributed by atoms with Crippen molar-refractivity contribution in [3.63, 3.8) is 0 Å². The van der Waals surface area contributed by atoms with Gasteiger partial charge in [0, 0.05) is 18.1 Å². The maximum atomic E-state index is 13.0. The number of amides is 2. The van der Waals surface area contributed by atoms with Gasteiger partial charge >= 0.3 is 11.8 Å². The summed E-state index contributed by atoms with van der Waals surface area (Å²) in [6.07, 6.45) is -0.414. The Morgan fingerprint density at radius 2 is 1.75 bits per heavy atom. The summed E-state index contributed by atoms with van der Waals surface area (Å²) in [4.78, 5) is 24.4. The summed E-state index contributed by atoms with van der Waals surface area (Å²) in [5.41, 5.74) is 0.794. The van der Waals surface area contributed by atoms with Gasteiger partial charge < -0.3 is 20.1 Å². The molecule has 1 aliphatic rings. The van der Waals surface area contributed by atoms with E-state index in [0.717, 1.165) is 5.56 Å². The molecular formula is C21H24ClN3O6S. The Labute approximate surface area is 191 Å². The maximum absolute atomic E-state index is 13.0. The Morgan fingerprint density at radius 3 is 2.41 bits per heavy atom. The Bertz CT molecular complexity index is 1040. The summed E-state index contributed by atoms with van der Waals surface area (Å²) in [5, 5.41) is 5.39. The van der Waals surface area contributed by atoms with Crippen LogP contribution in [0.25, 0.3) is 0 Å². The highest BCUT2D eigenvalue weighted by Gasteiger charge is 2.34. The minimum Gasteiger partial charge on any atom is -0.497 e. The fourth-order valence-corrected chi connectivity index (χ4v) is 4.80. The molecule has 1 aliphatic heterocycles. The molecule has 32 heavy (non-hydrogen) atoms. The first-order valence-electron chi connectivity index (χ1n) is 9.89. The van der Waals surface area contributed by atoms with Crippen LogP contribution in [0.4, 0.5) is 0 Å². The lowest BCUT2D eigenvalue weighted by Gasteiger charge is -2.34. The number of nitrogens with zero attached hydrogens (tertiary/aromatic N) is 1. The second kappa shape index (κ2) is 10.8. The summed E-state index contributed by atoms with van der Waals surface area (Å²) in [6.45, 7) is 0.570. The number of nitrogens with one attached hydrogen (secondary N) is 2. The average Bonchev–Trinajstić information content (AvgIpc) is 2.81. The topological polar surface area (TPSA) is 114 Å². The van der Waals surface area contributed by atoms with Gasteiger partial charge in [0.25, 0.3) is 0 Å². The Balaban J connectivity index is 1.56. The third kappa shape index (κ3) is 5.98. The molecule has 0 bridgehead atoms. The maximum Gasteiger partial charge on any atom is 0.309 e. The largest absolute Gasteiger partial charge is 0.497 e. The summed E-state index contributed by atoms with van der Waals surface area (Å²) >= 11 is 5.84. The molecule has 1 saturated heterocycles. The molecular weight excluding hydrogens is 458 g/mol. The van der Waals surface area contributed by atoms with E-state index in [0.29, 0.717) is 23.8 Å². The van der Waals surface area contributed by atoms with Crippen LogP contribution in [-0.2, 0) is 30.9 Å². The molecule has 3 rings (SSSR count). The molecule has 11 heteroatoms. The van der Waals surface area contributed by atoms with Crippen molar-refractivity contribution in [1.29, 1.82) is 0 Å². The number of benzene rings is 2. The van der Waals surface area contributed by atoms with Crippen LogP contribution in [0, 0.1) is 0 Å². The quantitative estimate of drug-likeness (QED) is 0.579. The summed E-state index contributed by atoms with van der Waals surface area (Å²) in [6, 6.07) is 12.8. The third-order valence-electron chi connectivity index (χ3n) is 4.83. The lowest BCUT2D eigenvalue weighted by atomic mass is 10.2. The summed E-state index contributed by atoms with van der Waals surface area (Å²) in [7, 11) is -2.31. The lowest BCUT2D eigenvalue weighted by molar-refractivity contribution is -0.140. The van der Waals surface area contributed by atoms with Crippen molar-refractivity contribution in [1.82, 2.24) is 14.9 Å². The standard InChI is InChI=1S/C21H24ClN3O6S/c1-30-17-7-3-15(4-8-17)13-23-20(26)21(27)24-14-19-25(11-2-12-31-19)32(28,29)18-9-5-16(22)6-10-18/h3-10,19H,2,11-14H2,1H3,(H,23,26)(H,24,27)/t19-/m1/s1. The van der Waals surface area contributed by atoms with Gasteiger partial charge in [-0.15, -0.1) is 0 Å². The van der Waals surface area contributed by atoms with E-state index in [1.165, 1.54) is 28.6 Å². The molecule has 172 valence electrons. The number of methoxy groups -OCH3 is 1. The summed E-state index contributed by atoms with van der Waals surface area (Å²) in [5.74, 6) is -1.02. The number of hydrogen-bond acceptors (Lipinski definition) is 6. The predicted molar refractivity (Wildman–Crippen MR) is 118 cm³/mol. The molecule has 0 saturated carbocycles. The van der Waals surface area contributed by atoms with Crippen molar-refractivity contribution in [3.05, 3.63) is 59.1 Å². The molecule has 0 radical (unpaired) electrons. The molecule has 1 heterocycles. The number of rotatable bonds is 7. The highest BCUT2D eigenvalue weighted by Crippen LogP contribution is 2.23. The van der Waals surface area contributed by atoms with Crippen molar-refractivity contribution in [2.24, 2.45) is 0 Å². The molecule has 2 N–H and O–H groups in total. The van der Waals surface area contributed by atoms with E-state index in [9.17, 15) is 18.0 Å². The van der Waals surface area contributed by atoms with E-state index in [2.05, 4.69) is 10.6 Å². The minimum atomic E-state index is -3.86. The Morgan fingerprint density at radius 1 is 1.09 bits per heavy atom. The SMILES string of the molecule is COc1ccc(CNC(=O)C(=O)NC[C@H]2OCCCN2S(=O)(=O)c2ccc(Cl)cc2)cc1. The molecule has 0 spiro atoms. The predicted octanol–water partition coefficient (Wildman–Crippen LogP) is 1.52. The summed E-state index contributed by atoms with van der Waals surface area (Å²) < 4.78 is 37.8. The van der Waals surface area contributed by atoms with Gasteiger partial charge in [-0.3, -0.25) is 9.59 Å². The van der Waals surface area contributed by atoms with E-state index in [4.69, 9.17) is 21.1 Å². The first-order valence-corrected chi connectivity index (χ1v) is 11.7. The van der Waals surface area contributed by atoms with Crippen LogP contribution in [-0.4, -0.2) is 57.6 Å². The van der Waals surface area contributed by atoms with Gasteiger partial charge in [0.05, 0.1) is 25.2 Å². The highest BCUT2D eigenvalue weighted by molar-refractivity contribution is 7.89. The van der Waals surface area contributed by atoms with Crippen molar-refractivity contribution in [2.45, 2.75) is 24.1 Å². The van der Waals surface area contributed by atoms with Crippen molar-refractivity contribution in [3.8, 4) is 5.75 Å². The minimum absolute atomic E-state index is 0.0703. The van der Waals surface area contributed by atoms with Gasteiger partial charge in [-0.25, -0.2) is 8.42 Å². The Hall–Kier alpha value is -2.66. The van der Waals surface area contributed by atoms with E-state index < -0.39 is 28.1 Å². The second-order valence-corrected chi connectivity index (χ2v) is 9.32. The van der Waals surface area contributed by atoms with Gasteiger partial charge in [-0.1, -0.05) is 23.7 Å². The zero-order valence-corrected chi connectivity index (χ0v) is 19.0. The zero-order valence-electron chi connectivity index (χ0n) is 17.4. The molecule has 2 aromatic carbocycles. The van der Waals surface area contributed by atoms with E-state index in [1.807, 2.05) is 0 Å².